The van der Waals surface area contributed by atoms with Crippen LogP contribution in [0.25, 0.3) is 10.6 Å². The summed E-state index contributed by atoms with van der Waals surface area (Å²) >= 11 is 1.58. The highest BCUT2D eigenvalue weighted by molar-refractivity contribution is 7.13. The molecule has 1 aliphatic carbocycles. The molecule has 1 amide bonds. The fourth-order valence-electron chi connectivity index (χ4n) is 4.10. The molecule has 0 fully saturated rings. The molecule has 10 heteroatoms. The van der Waals surface area contributed by atoms with E-state index in [-0.39, 0.29) is 5.56 Å². The second kappa shape index (κ2) is 10.7. The average molecular weight is 517 g/mol. The molecule has 0 unspecified atom stereocenters. The molecule has 0 saturated carbocycles. The monoisotopic (exact) mass is 516 g/mol. The predicted octanol–water partition coefficient (Wildman–Crippen LogP) is 6.43. The zero-order valence-corrected chi connectivity index (χ0v) is 21.0. The Balaban J connectivity index is 1.52. The minimum atomic E-state index is -1.25. The van der Waals surface area contributed by atoms with Crippen LogP contribution in [0.2, 0.25) is 0 Å². The molecule has 1 aliphatic rings. The Hall–Kier alpha value is -3.40. The fraction of sp³-hybridized carbons (Fsp3) is 0.346. The van der Waals surface area contributed by atoms with Crippen molar-refractivity contribution in [2.24, 2.45) is 0 Å². The Labute approximate surface area is 211 Å². The first kappa shape index (κ1) is 25.7. The smallest absolute Gasteiger partial charge is 0.407 e. The lowest BCUT2D eigenvalue weighted by atomic mass is 9.80. The van der Waals surface area contributed by atoms with Crippen LogP contribution in [0.4, 0.5) is 23.8 Å². The fourth-order valence-corrected chi connectivity index (χ4v) is 4.80. The molecule has 4 rings (SSSR count). The quantitative estimate of drug-likeness (QED) is 0.292. The van der Waals surface area contributed by atoms with E-state index in [0.717, 1.165) is 22.2 Å². The van der Waals surface area contributed by atoms with Crippen molar-refractivity contribution < 1.29 is 22.7 Å². The van der Waals surface area contributed by atoms with Gasteiger partial charge in [0.25, 0.3) is 0 Å². The summed E-state index contributed by atoms with van der Waals surface area (Å²) in [6, 6.07) is 6.59. The van der Waals surface area contributed by atoms with E-state index in [1.807, 2.05) is 29.7 Å². The van der Waals surface area contributed by atoms with Crippen molar-refractivity contribution in [3.8, 4) is 10.6 Å². The molecule has 0 radical (unpaired) electrons. The van der Waals surface area contributed by atoms with Gasteiger partial charge in [-0.05, 0) is 56.7 Å². The summed E-state index contributed by atoms with van der Waals surface area (Å²) in [5.74, 6) is -3.20. The van der Waals surface area contributed by atoms with Gasteiger partial charge in [0.15, 0.2) is 11.6 Å². The number of allylic oxidation sites excluding steroid dienone is 1. The number of carbonyl (C=O) groups excluding carboxylic acids is 1. The van der Waals surface area contributed by atoms with Crippen molar-refractivity contribution in [2.75, 3.05) is 11.9 Å². The number of thiophene rings is 1. The van der Waals surface area contributed by atoms with Crippen LogP contribution in [0.3, 0.4) is 0 Å². The van der Waals surface area contributed by atoms with E-state index in [1.165, 1.54) is 6.33 Å². The summed E-state index contributed by atoms with van der Waals surface area (Å²) in [6.45, 7) is 5.64. The summed E-state index contributed by atoms with van der Waals surface area (Å²) in [4.78, 5) is 22.1. The van der Waals surface area contributed by atoms with Gasteiger partial charge in [0.05, 0.1) is 10.6 Å². The minimum absolute atomic E-state index is 0.00890. The molecule has 190 valence electrons. The maximum Gasteiger partial charge on any atom is 0.407 e. The zero-order chi connectivity index (χ0) is 25.9. The Bertz CT molecular complexity index is 1260. The highest BCUT2D eigenvalue weighted by atomic mass is 32.1. The summed E-state index contributed by atoms with van der Waals surface area (Å²) in [7, 11) is 0. The predicted molar refractivity (Wildman–Crippen MR) is 133 cm³/mol. The van der Waals surface area contributed by atoms with Gasteiger partial charge in [0.2, 0.25) is 0 Å². The lowest BCUT2D eigenvalue weighted by molar-refractivity contribution is 0.0494. The SMILES string of the molecule is CC(C)(C)OC(=O)N[C@@H]1CC(CNc2cc(-c3cccs3)ncn2)=CC[C@H]1c1cc(F)c(F)cc1F. The molecule has 2 aromatic heterocycles. The molecule has 2 atom stereocenters. The van der Waals surface area contributed by atoms with E-state index >= 15 is 0 Å². The largest absolute Gasteiger partial charge is 0.444 e. The van der Waals surface area contributed by atoms with Crippen molar-refractivity contribution in [1.82, 2.24) is 15.3 Å². The van der Waals surface area contributed by atoms with E-state index in [1.54, 1.807) is 32.1 Å². The number of benzene rings is 1. The number of amides is 1. The molecule has 2 heterocycles. The van der Waals surface area contributed by atoms with Gasteiger partial charge in [-0.1, -0.05) is 17.7 Å². The Morgan fingerprint density at radius 3 is 2.64 bits per heavy atom. The number of halogens is 3. The summed E-state index contributed by atoms with van der Waals surface area (Å²) < 4.78 is 47.5. The zero-order valence-electron chi connectivity index (χ0n) is 20.1. The van der Waals surface area contributed by atoms with Crippen molar-refractivity contribution >= 4 is 23.2 Å². The first-order valence-corrected chi connectivity index (χ1v) is 12.4. The number of nitrogens with zero attached hydrogens (tertiary/aromatic N) is 2. The molecule has 0 aliphatic heterocycles. The van der Waals surface area contributed by atoms with Crippen LogP contribution in [-0.4, -0.2) is 34.2 Å². The van der Waals surface area contributed by atoms with Crippen LogP contribution in [0.15, 0.2) is 53.7 Å². The lowest BCUT2D eigenvalue weighted by Gasteiger charge is -2.33. The Morgan fingerprint density at radius 1 is 1.14 bits per heavy atom. The van der Waals surface area contributed by atoms with E-state index in [2.05, 4.69) is 20.6 Å². The topological polar surface area (TPSA) is 76.1 Å². The average Bonchev–Trinajstić information content (AvgIpc) is 3.35. The van der Waals surface area contributed by atoms with Crippen LogP contribution >= 0.6 is 11.3 Å². The number of nitrogens with one attached hydrogen (secondary N) is 2. The van der Waals surface area contributed by atoms with Crippen molar-refractivity contribution in [2.45, 2.75) is 51.2 Å². The Kier molecular flexibility index (Phi) is 7.63. The van der Waals surface area contributed by atoms with Gasteiger partial charge in [-0.2, -0.15) is 0 Å². The first-order valence-electron chi connectivity index (χ1n) is 11.5. The molecule has 2 N–H and O–H groups in total. The number of hydrogen-bond acceptors (Lipinski definition) is 6. The number of aromatic nitrogens is 2. The van der Waals surface area contributed by atoms with Gasteiger partial charge in [-0.25, -0.2) is 27.9 Å². The van der Waals surface area contributed by atoms with E-state index in [4.69, 9.17) is 4.74 Å². The highest BCUT2D eigenvalue weighted by Crippen LogP contribution is 2.35. The number of hydrogen-bond donors (Lipinski definition) is 2. The van der Waals surface area contributed by atoms with Gasteiger partial charge < -0.3 is 15.4 Å². The van der Waals surface area contributed by atoms with Crippen LogP contribution in [0.1, 0.15) is 45.1 Å². The second-order valence-corrected chi connectivity index (χ2v) is 10.5. The maximum absolute atomic E-state index is 14.6. The standard InChI is InChI=1S/C26H27F3N4O2S/c1-26(2,3)35-25(34)33-21-9-15(6-7-16(21)17-10-19(28)20(29)11-18(17)27)13-30-24-12-22(31-14-32-24)23-5-4-8-36-23/h4-6,8,10-12,14,16,21H,7,9,13H2,1-3H3,(H,33,34)(H,30,31,32)/t16-,21+/m0/s1. The summed E-state index contributed by atoms with van der Waals surface area (Å²) in [6.07, 6.45) is 3.43. The number of carbonyl (C=O) groups is 1. The van der Waals surface area contributed by atoms with Crippen molar-refractivity contribution in [1.29, 1.82) is 0 Å². The molecule has 0 spiro atoms. The van der Waals surface area contributed by atoms with Crippen molar-refractivity contribution in [3.05, 3.63) is 76.7 Å². The third-order valence-corrected chi connectivity index (χ3v) is 6.60. The molecular weight excluding hydrogens is 489 g/mol. The second-order valence-electron chi connectivity index (χ2n) is 9.57. The van der Waals surface area contributed by atoms with Gasteiger partial charge in [-0.3, -0.25) is 0 Å². The third-order valence-electron chi connectivity index (χ3n) is 5.71. The number of ether oxygens (including phenoxy) is 1. The van der Waals surface area contributed by atoms with Crippen molar-refractivity contribution in [3.63, 3.8) is 0 Å². The molecule has 1 aromatic carbocycles. The minimum Gasteiger partial charge on any atom is -0.444 e. The molecule has 3 aromatic rings. The van der Waals surface area contributed by atoms with Gasteiger partial charge in [-0.15, -0.1) is 11.3 Å². The highest BCUT2D eigenvalue weighted by Gasteiger charge is 2.32. The number of alkyl carbamates (subject to hydrolysis) is 1. The molecule has 0 saturated heterocycles. The van der Waals surface area contributed by atoms with Gasteiger partial charge >= 0.3 is 6.09 Å². The van der Waals surface area contributed by atoms with Gasteiger partial charge in [0, 0.05) is 30.6 Å². The van der Waals surface area contributed by atoms with Crippen LogP contribution in [0, 0.1) is 17.5 Å². The van der Waals surface area contributed by atoms with E-state index in [9.17, 15) is 18.0 Å². The van der Waals surface area contributed by atoms with Crippen LogP contribution in [-0.2, 0) is 4.74 Å². The van der Waals surface area contributed by atoms with Crippen LogP contribution < -0.4 is 10.6 Å². The molecule has 6 nitrogen and oxygen atoms in total. The van der Waals surface area contributed by atoms with Gasteiger partial charge in [0.1, 0.15) is 23.6 Å². The Morgan fingerprint density at radius 2 is 1.92 bits per heavy atom. The van der Waals surface area contributed by atoms with E-state index < -0.39 is 41.1 Å². The van der Waals surface area contributed by atoms with E-state index in [0.29, 0.717) is 31.3 Å². The molecule has 36 heavy (non-hydrogen) atoms. The third kappa shape index (κ3) is 6.42. The maximum atomic E-state index is 14.6. The normalized spacial score (nSPS) is 17.9. The summed E-state index contributed by atoms with van der Waals surface area (Å²) in [5, 5.41) is 8.05. The number of rotatable bonds is 6. The lowest BCUT2D eigenvalue weighted by Crippen LogP contribution is -2.44. The summed E-state index contributed by atoms with van der Waals surface area (Å²) in [5.41, 5.74) is 1.04. The van der Waals surface area contributed by atoms with Crippen LogP contribution in [0.5, 0.6) is 0 Å². The number of anilines is 1. The first-order chi connectivity index (χ1) is 17.1. The molecule has 0 bridgehead atoms. The molecular formula is C26H27F3N4O2S.